The molecule has 0 saturated carbocycles. The standard InChI is InChI=1S/C21H23N5O3.C20H21N5O3/c1-2-28-18-5-3-4-17(12-18)26-14-19(24-25-26)21(27)23-16-8-6-15(7-9-16)20-13-22-10-11-29-20;1-27-17-4-2-3-16(11-17)25-13-18(23-24-25)20(26)22-15-7-5-14(6-8-15)19-12-21-9-10-28-19/h3-9,12,14,20,22H,2,10-11,13H2,1H3,(H,23,27);2-8,11,13,19,21H,9-10,12H2,1H3,(H,22,26)/t20-;19-/m11/s1. The van der Waals surface area contributed by atoms with Gasteiger partial charge < -0.3 is 40.2 Å². The molecule has 4 heterocycles. The Labute approximate surface area is 329 Å². The van der Waals surface area contributed by atoms with Crippen LogP contribution in [0.5, 0.6) is 11.5 Å². The molecule has 4 aromatic carbocycles. The molecule has 2 aliphatic heterocycles. The zero-order valence-corrected chi connectivity index (χ0v) is 31.6. The van der Waals surface area contributed by atoms with Crippen LogP contribution in [0.2, 0.25) is 0 Å². The second-order valence-electron chi connectivity index (χ2n) is 13.0. The van der Waals surface area contributed by atoms with E-state index in [-0.39, 0.29) is 35.4 Å². The van der Waals surface area contributed by atoms with E-state index >= 15 is 0 Å². The Balaban J connectivity index is 0.000000174. The molecular weight excluding hydrogens is 729 g/mol. The van der Waals surface area contributed by atoms with Crippen molar-refractivity contribution in [3.8, 4) is 22.9 Å². The molecule has 2 aromatic heterocycles. The molecule has 2 saturated heterocycles. The lowest BCUT2D eigenvalue weighted by molar-refractivity contribution is 0.0276. The number of carbonyl (C=O) groups is 2. The zero-order chi connectivity index (χ0) is 39.4. The highest BCUT2D eigenvalue weighted by atomic mass is 16.5. The lowest BCUT2D eigenvalue weighted by Gasteiger charge is -2.24. The molecule has 2 fully saturated rings. The van der Waals surface area contributed by atoms with Gasteiger partial charge in [0.05, 0.1) is 62.9 Å². The zero-order valence-electron chi connectivity index (χ0n) is 31.6. The first kappa shape index (κ1) is 38.8. The Kier molecular flexibility index (Phi) is 12.9. The molecule has 294 valence electrons. The van der Waals surface area contributed by atoms with E-state index in [0.29, 0.717) is 36.9 Å². The number of morpholine rings is 2. The summed E-state index contributed by atoms with van der Waals surface area (Å²) < 4.78 is 25.3. The van der Waals surface area contributed by atoms with E-state index < -0.39 is 0 Å². The lowest BCUT2D eigenvalue weighted by atomic mass is 10.1. The summed E-state index contributed by atoms with van der Waals surface area (Å²) in [7, 11) is 1.60. The number of hydrogen-bond acceptors (Lipinski definition) is 12. The third-order valence-electron chi connectivity index (χ3n) is 9.10. The monoisotopic (exact) mass is 772 g/mol. The normalized spacial score (nSPS) is 16.5. The summed E-state index contributed by atoms with van der Waals surface area (Å²) in [6, 6.07) is 30.1. The molecule has 0 radical (unpaired) electrons. The number of ether oxygens (including phenoxy) is 4. The Bertz CT molecular complexity index is 2230. The number of anilines is 2. The summed E-state index contributed by atoms with van der Waals surface area (Å²) in [4.78, 5) is 25.0. The highest BCUT2D eigenvalue weighted by Crippen LogP contribution is 2.23. The van der Waals surface area contributed by atoms with Crippen molar-refractivity contribution in [3.63, 3.8) is 0 Å². The number of hydrogen-bond donors (Lipinski definition) is 4. The summed E-state index contributed by atoms with van der Waals surface area (Å²) in [5, 5.41) is 28.3. The summed E-state index contributed by atoms with van der Waals surface area (Å²) in [6.45, 7) is 7.24. The molecule has 0 bridgehead atoms. The van der Waals surface area contributed by atoms with Gasteiger partial charge in [0.15, 0.2) is 11.4 Å². The van der Waals surface area contributed by atoms with Crippen LogP contribution in [-0.2, 0) is 9.47 Å². The van der Waals surface area contributed by atoms with Crippen molar-refractivity contribution >= 4 is 23.2 Å². The molecule has 0 spiro atoms. The molecule has 0 aliphatic carbocycles. The molecular formula is C41H44N10O6. The van der Waals surface area contributed by atoms with Crippen molar-refractivity contribution in [2.24, 2.45) is 0 Å². The van der Waals surface area contributed by atoms with E-state index in [1.165, 1.54) is 4.68 Å². The average Bonchev–Trinajstić information content (AvgIpc) is 3.98. The summed E-state index contributed by atoms with van der Waals surface area (Å²) in [6.07, 6.45) is 3.26. The predicted molar refractivity (Wildman–Crippen MR) is 212 cm³/mol. The third kappa shape index (κ3) is 10.2. The summed E-state index contributed by atoms with van der Waals surface area (Å²) in [5.74, 6) is 0.804. The van der Waals surface area contributed by atoms with Gasteiger partial charge in [-0.3, -0.25) is 9.59 Å². The van der Waals surface area contributed by atoms with E-state index in [1.54, 1.807) is 24.2 Å². The van der Waals surface area contributed by atoms with E-state index in [0.717, 1.165) is 54.4 Å². The summed E-state index contributed by atoms with van der Waals surface area (Å²) >= 11 is 0. The Morgan fingerprint density at radius 1 is 0.702 bits per heavy atom. The minimum absolute atomic E-state index is 0.0425. The molecule has 16 nitrogen and oxygen atoms in total. The van der Waals surface area contributed by atoms with Crippen LogP contribution in [0, 0.1) is 0 Å². The SMILES string of the molecule is CCOc1cccc(-n2cc(C(=O)Nc3ccc([C@H]4CNCCO4)cc3)nn2)c1.COc1cccc(-n2cc(C(=O)Nc3ccc([C@H]4CNCCO4)cc3)nn2)c1. The first-order chi connectivity index (χ1) is 27.9. The molecule has 4 N–H and O–H groups in total. The van der Waals surface area contributed by atoms with Gasteiger partial charge in [-0.25, -0.2) is 9.36 Å². The molecule has 57 heavy (non-hydrogen) atoms. The van der Waals surface area contributed by atoms with Crippen molar-refractivity contribution in [3.05, 3.63) is 132 Å². The molecule has 2 atom stereocenters. The smallest absolute Gasteiger partial charge is 0.277 e. The lowest BCUT2D eigenvalue weighted by Crippen LogP contribution is -2.33. The van der Waals surface area contributed by atoms with Crippen molar-refractivity contribution in [1.82, 2.24) is 40.6 Å². The second-order valence-corrected chi connectivity index (χ2v) is 13.0. The quantitative estimate of drug-likeness (QED) is 0.142. The van der Waals surface area contributed by atoms with Crippen LogP contribution in [0.25, 0.3) is 11.4 Å². The first-order valence-corrected chi connectivity index (χ1v) is 18.7. The Hall–Kier alpha value is -6.46. The maximum Gasteiger partial charge on any atom is 0.277 e. The molecule has 0 unspecified atom stereocenters. The van der Waals surface area contributed by atoms with Crippen LogP contribution in [0.3, 0.4) is 0 Å². The van der Waals surface area contributed by atoms with Crippen LogP contribution in [0.4, 0.5) is 11.4 Å². The van der Waals surface area contributed by atoms with Gasteiger partial charge in [-0.2, -0.15) is 0 Å². The number of rotatable bonds is 11. The van der Waals surface area contributed by atoms with Crippen LogP contribution in [0.15, 0.2) is 109 Å². The number of amides is 2. The van der Waals surface area contributed by atoms with Gasteiger partial charge >= 0.3 is 0 Å². The maximum absolute atomic E-state index is 12.5. The topological polar surface area (TPSA) is 181 Å². The molecule has 2 aliphatic rings. The highest BCUT2D eigenvalue weighted by molar-refractivity contribution is 6.03. The fraction of sp³-hybridized carbons (Fsp3) is 0.268. The fourth-order valence-corrected chi connectivity index (χ4v) is 6.14. The van der Waals surface area contributed by atoms with E-state index in [2.05, 4.69) is 41.9 Å². The number of nitrogens with one attached hydrogen (secondary N) is 4. The van der Waals surface area contributed by atoms with Crippen molar-refractivity contribution < 1.29 is 28.5 Å². The number of carbonyl (C=O) groups excluding carboxylic acids is 2. The van der Waals surface area contributed by atoms with Gasteiger partial charge in [-0.1, -0.05) is 46.8 Å². The van der Waals surface area contributed by atoms with Gasteiger partial charge in [-0.05, 0) is 66.6 Å². The van der Waals surface area contributed by atoms with E-state index in [9.17, 15) is 9.59 Å². The fourth-order valence-electron chi connectivity index (χ4n) is 6.14. The van der Waals surface area contributed by atoms with E-state index in [4.69, 9.17) is 18.9 Å². The van der Waals surface area contributed by atoms with Crippen LogP contribution >= 0.6 is 0 Å². The largest absolute Gasteiger partial charge is 0.497 e. The number of benzene rings is 4. The van der Waals surface area contributed by atoms with Crippen molar-refractivity contribution in [2.75, 3.05) is 63.7 Å². The Morgan fingerprint density at radius 2 is 1.18 bits per heavy atom. The average molecular weight is 773 g/mol. The van der Waals surface area contributed by atoms with Gasteiger partial charge in [0, 0.05) is 49.7 Å². The minimum Gasteiger partial charge on any atom is -0.497 e. The van der Waals surface area contributed by atoms with Gasteiger partial charge in [0.2, 0.25) is 0 Å². The minimum atomic E-state index is -0.322. The molecule has 6 aromatic rings. The molecule has 16 heteroatoms. The summed E-state index contributed by atoms with van der Waals surface area (Å²) in [5.41, 5.74) is 5.53. The van der Waals surface area contributed by atoms with Crippen molar-refractivity contribution in [2.45, 2.75) is 19.1 Å². The van der Waals surface area contributed by atoms with Crippen LogP contribution in [-0.4, -0.2) is 94.9 Å². The molecule has 8 rings (SSSR count). The van der Waals surface area contributed by atoms with Gasteiger partial charge in [0.25, 0.3) is 11.8 Å². The van der Waals surface area contributed by atoms with Crippen molar-refractivity contribution in [1.29, 1.82) is 0 Å². The first-order valence-electron chi connectivity index (χ1n) is 18.7. The van der Waals surface area contributed by atoms with Crippen LogP contribution in [0.1, 0.15) is 51.2 Å². The molecule has 2 amide bonds. The number of methoxy groups -OCH3 is 1. The maximum atomic E-state index is 12.5. The second kappa shape index (κ2) is 18.9. The predicted octanol–water partition coefficient (Wildman–Crippen LogP) is 4.77. The number of nitrogens with zero attached hydrogens (tertiary/aromatic N) is 6. The third-order valence-corrected chi connectivity index (χ3v) is 9.10. The van der Waals surface area contributed by atoms with Gasteiger partial charge in [0.1, 0.15) is 11.5 Å². The Morgan fingerprint density at radius 3 is 1.61 bits per heavy atom. The van der Waals surface area contributed by atoms with Crippen LogP contribution < -0.4 is 30.7 Å². The highest BCUT2D eigenvalue weighted by Gasteiger charge is 2.18. The number of aromatic nitrogens is 6. The van der Waals surface area contributed by atoms with E-state index in [1.807, 2.05) is 104 Å². The van der Waals surface area contributed by atoms with Gasteiger partial charge in [-0.15, -0.1) is 10.2 Å².